The number of alkyl halides is 3. The van der Waals surface area contributed by atoms with Gasteiger partial charge >= 0.3 is 12.1 Å². The summed E-state index contributed by atoms with van der Waals surface area (Å²) < 4.78 is 38.2. The fourth-order valence-corrected chi connectivity index (χ4v) is 5.83. The summed E-state index contributed by atoms with van der Waals surface area (Å²) in [6.07, 6.45) is -3.92. The number of aliphatic carboxylic acids is 1. The number of carboxylic acid groups (broad SMARTS) is 1. The number of anilines is 1. The molecule has 1 aromatic rings. The van der Waals surface area contributed by atoms with Crippen LogP contribution in [0.15, 0.2) is 17.4 Å². The predicted molar refractivity (Wildman–Crippen MR) is 101 cm³/mol. The standard InChI is InChI=1S/C19H16ClF3N4O5/c20-9-3-6(19(21,22)23)5-25-15(9)24-1-2-27-16(28)10-7-4-8(11(10)17(27)29)14-12(7)13(18(30)31)26-32-14/h3,5,7-8,10-12,14H,1-2,4H2,(H,24,25)(H,30,31)/t7-,8+,10-,11+,12+,14-/m1/s1. The molecule has 0 unspecified atom stereocenters. The Balaban J connectivity index is 1.26. The van der Waals surface area contributed by atoms with E-state index in [9.17, 15) is 32.7 Å². The number of rotatable bonds is 5. The monoisotopic (exact) mass is 472 g/mol. The van der Waals surface area contributed by atoms with Crippen LogP contribution in [0, 0.1) is 29.6 Å². The molecule has 1 aromatic heterocycles. The molecule has 3 heterocycles. The second kappa shape index (κ2) is 7.06. The summed E-state index contributed by atoms with van der Waals surface area (Å²) in [6, 6.07) is 0.742. The number of imide groups is 1. The van der Waals surface area contributed by atoms with Gasteiger partial charge in [0.25, 0.3) is 0 Å². The van der Waals surface area contributed by atoms with Crippen molar-refractivity contribution in [3.8, 4) is 0 Å². The van der Waals surface area contributed by atoms with Crippen molar-refractivity contribution in [2.24, 2.45) is 34.7 Å². The number of carbonyl (C=O) groups excluding carboxylic acids is 2. The van der Waals surface area contributed by atoms with E-state index < -0.39 is 41.6 Å². The molecule has 2 aliphatic heterocycles. The van der Waals surface area contributed by atoms with Crippen LogP contribution in [-0.4, -0.2) is 57.7 Å². The molecule has 2 amide bonds. The third-order valence-corrected chi connectivity index (χ3v) is 7.09. The molecular formula is C19H16ClF3N4O5. The van der Waals surface area contributed by atoms with Crippen molar-refractivity contribution in [1.29, 1.82) is 0 Å². The maximum atomic E-state index is 13.0. The number of amides is 2. The summed E-state index contributed by atoms with van der Waals surface area (Å²) in [6.45, 7) is 0.00867. The molecule has 1 saturated heterocycles. The molecule has 13 heteroatoms. The van der Waals surface area contributed by atoms with Crippen molar-refractivity contribution in [3.05, 3.63) is 22.8 Å². The van der Waals surface area contributed by atoms with Gasteiger partial charge in [-0.05, 0) is 18.4 Å². The SMILES string of the molecule is O=C(O)C1=NO[C@@H]2[C@H]3C[C@@H]([C@@H]12)[C@H]1C(=O)N(CCNc2ncc(C(F)(F)F)cc2Cl)C(=O)[C@@H]31. The topological polar surface area (TPSA) is 121 Å². The number of pyridine rings is 1. The summed E-state index contributed by atoms with van der Waals surface area (Å²) in [5.41, 5.74) is -1.09. The van der Waals surface area contributed by atoms with Crippen molar-refractivity contribution < 1.29 is 37.5 Å². The molecule has 2 aliphatic carbocycles. The first kappa shape index (κ1) is 21.0. The van der Waals surface area contributed by atoms with Gasteiger partial charge in [0.05, 0.1) is 28.3 Å². The van der Waals surface area contributed by atoms with Crippen LogP contribution in [0.1, 0.15) is 12.0 Å². The van der Waals surface area contributed by atoms with Crippen LogP contribution in [0.4, 0.5) is 19.0 Å². The van der Waals surface area contributed by atoms with Gasteiger partial charge in [0.1, 0.15) is 11.9 Å². The fourth-order valence-electron chi connectivity index (χ4n) is 5.59. The number of oxime groups is 1. The number of carbonyl (C=O) groups is 3. The Morgan fingerprint density at radius 2 is 1.94 bits per heavy atom. The highest BCUT2D eigenvalue weighted by atomic mass is 35.5. The van der Waals surface area contributed by atoms with Gasteiger partial charge in [0.2, 0.25) is 11.8 Å². The molecule has 32 heavy (non-hydrogen) atoms. The summed E-state index contributed by atoms with van der Waals surface area (Å²) >= 11 is 5.86. The van der Waals surface area contributed by atoms with E-state index >= 15 is 0 Å². The minimum absolute atomic E-state index is 0.00395. The van der Waals surface area contributed by atoms with Crippen LogP contribution < -0.4 is 5.32 Å². The lowest BCUT2D eigenvalue weighted by atomic mass is 9.72. The smallest absolute Gasteiger partial charge is 0.417 e. The lowest BCUT2D eigenvalue weighted by Gasteiger charge is -2.29. The summed E-state index contributed by atoms with van der Waals surface area (Å²) in [4.78, 5) is 47.5. The molecule has 3 fully saturated rings. The van der Waals surface area contributed by atoms with Gasteiger partial charge in [-0.25, -0.2) is 9.78 Å². The van der Waals surface area contributed by atoms with Crippen LogP contribution in [0.5, 0.6) is 0 Å². The van der Waals surface area contributed by atoms with Crippen molar-refractivity contribution in [2.45, 2.75) is 18.7 Å². The Labute approximate surface area is 183 Å². The zero-order valence-corrected chi connectivity index (χ0v) is 16.9. The first-order valence-corrected chi connectivity index (χ1v) is 10.3. The quantitative estimate of drug-likeness (QED) is 0.627. The normalized spacial score (nSPS) is 32.6. The molecule has 2 N–H and O–H groups in total. The van der Waals surface area contributed by atoms with Gasteiger partial charge in [-0.3, -0.25) is 14.5 Å². The van der Waals surface area contributed by atoms with E-state index in [4.69, 9.17) is 16.4 Å². The number of carboxylic acids is 1. The molecule has 170 valence electrons. The molecule has 5 rings (SSSR count). The molecule has 0 radical (unpaired) electrons. The largest absolute Gasteiger partial charge is 0.477 e. The number of hydrogen-bond donors (Lipinski definition) is 2. The summed E-state index contributed by atoms with van der Waals surface area (Å²) in [7, 11) is 0. The molecular weight excluding hydrogens is 457 g/mol. The maximum absolute atomic E-state index is 13.0. The Bertz CT molecular complexity index is 1060. The summed E-state index contributed by atoms with van der Waals surface area (Å²) in [5.74, 6) is -4.24. The van der Waals surface area contributed by atoms with Gasteiger partial charge in [-0.15, -0.1) is 0 Å². The number of halogens is 4. The number of aromatic nitrogens is 1. The average Bonchev–Trinajstić information content (AvgIpc) is 3.44. The van der Waals surface area contributed by atoms with Gasteiger partial charge in [0, 0.05) is 25.2 Å². The number of nitrogens with one attached hydrogen (secondary N) is 1. The van der Waals surface area contributed by atoms with Gasteiger partial charge in [-0.1, -0.05) is 16.8 Å². The fraction of sp³-hybridized carbons (Fsp3) is 0.526. The van der Waals surface area contributed by atoms with E-state index in [1.807, 2.05) is 0 Å². The van der Waals surface area contributed by atoms with Gasteiger partial charge in [-0.2, -0.15) is 13.2 Å². The maximum Gasteiger partial charge on any atom is 0.417 e. The minimum Gasteiger partial charge on any atom is -0.477 e. The predicted octanol–water partition coefficient (Wildman–Crippen LogP) is 1.87. The zero-order chi connectivity index (χ0) is 22.9. The minimum atomic E-state index is -4.58. The Morgan fingerprint density at radius 3 is 2.56 bits per heavy atom. The Morgan fingerprint density at radius 1 is 1.25 bits per heavy atom. The Kier molecular flexibility index (Phi) is 4.63. The molecule has 2 bridgehead atoms. The van der Waals surface area contributed by atoms with Gasteiger partial charge in [0.15, 0.2) is 5.71 Å². The Hall–Kier alpha value is -2.89. The van der Waals surface area contributed by atoms with Crippen LogP contribution in [-0.2, 0) is 25.4 Å². The molecule has 2 saturated carbocycles. The number of fused-ring (bicyclic) bond motifs is 8. The van der Waals surface area contributed by atoms with Crippen LogP contribution in [0.2, 0.25) is 5.02 Å². The molecule has 0 aromatic carbocycles. The zero-order valence-electron chi connectivity index (χ0n) is 16.2. The van der Waals surface area contributed by atoms with Crippen molar-refractivity contribution >= 4 is 40.9 Å². The highest BCUT2D eigenvalue weighted by Gasteiger charge is 2.70. The second-order valence-electron chi connectivity index (χ2n) is 8.30. The van der Waals surface area contributed by atoms with Crippen LogP contribution >= 0.6 is 11.6 Å². The number of hydrogen-bond acceptors (Lipinski definition) is 7. The third-order valence-electron chi connectivity index (χ3n) is 6.80. The average molecular weight is 473 g/mol. The molecule has 4 aliphatic rings. The lowest BCUT2D eigenvalue weighted by Crippen LogP contribution is -2.42. The number of nitrogens with zero attached hydrogens (tertiary/aromatic N) is 3. The second-order valence-corrected chi connectivity index (χ2v) is 8.71. The third kappa shape index (κ3) is 2.95. The van der Waals surface area contributed by atoms with E-state index in [0.717, 1.165) is 11.0 Å². The van der Waals surface area contributed by atoms with Crippen LogP contribution in [0.3, 0.4) is 0 Å². The van der Waals surface area contributed by atoms with E-state index in [1.54, 1.807) is 0 Å². The van der Waals surface area contributed by atoms with E-state index in [2.05, 4.69) is 15.5 Å². The molecule has 9 nitrogen and oxygen atoms in total. The van der Waals surface area contributed by atoms with E-state index in [0.29, 0.717) is 12.6 Å². The van der Waals surface area contributed by atoms with E-state index in [-0.39, 0.29) is 53.3 Å². The number of likely N-dealkylation sites (tertiary alicyclic amines) is 1. The lowest BCUT2D eigenvalue weighted by molar-refractivity contribution is -0.141. The van der Waals surface area contributed by atoms with Crippen LogP contribution in [0.25, 0.3) is 0 Å². The van der Waals surface area contributed by atoms with Crippen molar-refractivity contribution in [1.82, 2.24) is 9.88 Å². The molecule has 0 spiro atoms. The van der Waals surface area contributed by atoms with Crippen molar-refractivity contribution in [3.63, 3.8) is 0 Å². The highest BCUT2D eigenvalue weighted by Crippen LogP contribution is 2.61. The summed E-state index contributed by atoms with van der Waals surface area (Å²) in [5, 5.41) is 15.5. The highest BCUT2D eigenvalue weighted by molar-refractivity contribution is 6.37. The first-order valence-electron chi connectivity index (χ1n) is 9.88. The van der Waals surface area contributed by atoms with Gasteiger partial charge < -0.3 is 15.3 Å². The van der Waals surface area contributed by atoms with Crippen molar-refractivity contribution in [2.75, 3.05) is 18.4 Å². The van der Waals surface area contributed by atoms with E-state index in [1.165, 1.54) is 0 Å². The molecule has 6 atom stereocenters. The first-order chi connectivity index (χ1) is 15.1.